The second kappa shape index (κ2) is 6.31. The predicted octanol–water partition coefficient (Wildman–Crippen LogP) is 2.88. The fourth-order valence-corrected chi connectivity index (χ4v) is 3.56. The van der Waals surface area contributed by atoms with Gasteiger partial charge in [-0.1, -0.05) is 13.8 Å². The third kappa shape index (κ3) is 3.34. The van der Waals surface area contributed by atoms with E-state index in [4.69, 9.17) is 0 Å². The Morgan fingerprint density at radius 3 is 2.64 bits per heavy atom. The first-order valence-corrected chi connectivity index (χ1v) is 8.31. The van der Waals surface area contributed by atoms with E-state index in [2.05, 4.69) is 4.98 Å². The molecule has 136 valence electrons. The second-order valence-electron chi connectivity index (χ2n) is 6.88. The van der Waals surface area contributed by atoms with Crippen molar-refractivity contribution >= 4 is 11.8 Å². The van der Waals surface area contributed by atoms with Crippen LogP contribution < -0.4 is 0 Å². The number of hydrogen-bond acceptors (Lipinski definition) is 3. The highest BCUT2D eigenvalue weighted by atomic mass is 19.4. The van der Waals surface area contributed by atoms with E-state index in [9.17, 15) is 22.8 Å². The van der Waals surface area contributed by atoms with E-state index in [1.165, 1.54) is 4.90 Å². The van der Waals surface area contributed by atoms with E-state index in [1.54, 1.807) is 4.90 Å². The van der Waals surface area contributed by atoms with Gasteiger partial charge in [-0.3, -0.25) is 9.78 Å². The van der Waals surface area contributed by atoms with Gasteiger partial charge < -0.3 is 9.80 Å². The molecule has 2 aliphatic heterocycles. The molecular weight excluding hydrogens is 335 g/mol. The fourth-order valence-electron chi connectivity index (χ4n) is 3.56. The van der Waals surface area contributed by atoms with Gasteiger partial charge in [0, 0.05) is 44.4 Å². The van der Waals surface area contributed by atoms with Crippen LogP contribution in [-0.2, 0) is 23.9 Å². The van der Waals surface area contributed by atoms with Gasteiger partial charge in [0.1, 0.15) is 0 Å². The van der Waals surface area contributed by atoms with E-state index < -0.39 is 17.8 Å². The molecule has 0 bridgehead atoms. The number of Topliss-reactive ketones (excluding diaryl/α,β-unsaturated/α-hetero) is 1. The van der Waals surface area contributed by atoms with Gasteiger partial charge in [0.15, 0.2) is 5.78 Å². The van der Waals surface area contributed by atoms with Gasteiger partial charge in [-0.05, 0) is 17.5 Å². The first-order chi connectivity index (χ1) is 11.7. The SMILES string of the molecule is CC(C)C1C(=O)CCN1C(=O)N1CCc2ncc(C(F)(F)F)cc2C1. The molecule has 3 heterocycles. The van der Waals surface area contributed by atoms with Crippen molar-refractivity contribution in [1.82, 2.24) is 14.8 Å². The molecule has 0 N–H and O–H groups in total. The second-order valence-corrected chi connectivity index (χ2v) is 6.88. The molecule has 0 spiro atoms. The van der Waals surface area contributed by atoms with E-state index in [0.29, 0.717) is 37.2 Å². The van der Waals surface area contributed by atoms with Crippen LogP contribution in [0.3, 0.4) is 0 Å². The Morgan fingerprint density at radius 2 is 2.00 bits per heavy atom. The number of likely N-dealkylation sites (tertiary alicyclic amines) is 1. The first kappa shape index (κ1) is 17.7. The van der Waals surface area contributed by atoms with Crippen molar-refractivity contribution in [3.8, 4) is 0 Å². The van der Waals surface area contributed by atoms with Gasteiger partial charge in [0.2, 0.25) is 0 Å². The molecular formula is C17H20F3N3O2. The van der Waals surface area contributed by atoms with Gasteiger partial charge in [-0.15, -0.1) is 0 Å². The third-order valence-electron chi connectivity index (χ3n) is 4.78. The maximum atomic E-state index is 12.9. The van der Waals surface area contributed by atoms with E-state index >= 15 is 0 Å². The number of rotatable bonds is 1. The van der Waals surface area contributed by atoms with Gasteiger partial charge in [0.25, 0.3) is 0 Å². The molecule has 0 radical (unpaired) electrons. The number of alkyl halides is 3. The average Bonchev–Trinajstić information content (AvgIpc) is 2.94. The Morgan fingerprint density at radius 1 is 1.28 bits per heavy atom. The molecule has 2 amide bonds. The first-order valence-electron chi connectivity index (χ1n) is 8.31. The molecule has 0 aromatic carbocycles. The number of fused-ring (bicyclic) bond motifs is 1. The highest BCUT2D eigenvalue weighted by Crippen LogP contribution is 2.31. The third-order valence-corrected chi connectivity index (χ3v) is 4.78. The number of ketones is 1. The summed E-state index contributed by atoms with van der Waals surface area (Å²) in [6.45, 7) is 4.61. The van der Waals surface area contributed by atoms with Crippen molar-refractivity contribution in [1.29, 1.82) is 0 Å². The summed E-state index contributed by atoms with van der Waals surface area (Å²) in [6, 6.07) is 0.331. The molecule has 1 aromatic heterocycles. The zero-order valence-corrected chi connectivity index (χ0v) is 14.1. The molecule has 3 rings (SSSR count). The Hall–Kier alpha value is -2.12. The Balaban J connectivity index is 1.80. The van der Waals surface area contributed by atoms with Crippen molar-refractivity contribution in [2.24, 2.45) is 5.92 Å². The summed E-state index contributed by atoms with van der Waals surface area (Å²) in [5.41, 5.74) is 0.202. The molecule has 25 heavy (non-hydrogen) atoms. The van der Waals surface area contributed by atoms with Crippen molar-refractivity contribution in [3.05, 3.63) is 29.1 Å². The predicted molar refractivity (Wildman–Crippen MR) is 83.7 cm³/mol. The number of aromatic nitrogens is 1. The van der Waals surface area contributed by atoms with Crippen LogP contribution in [0.1, 0.15) is 37.1 Å². The number of carbonyl (C=O) groups excluding carboxylic acids is 2. The monoisotopic (exact) mass is 355 g/mol. The van der Waals surface area contributed by atoms with Crippen LogP contribution in [0, 0.1) is 5.92 Å². The minimum absolute atomic E-state index is 0.00882. The molecule has 0 aliphatic carbocycles. The normalized spacial score (nSPS) is 21.0. The lowest BCUT2D eigenvalue weighted by Crippen LogP contribution is -2.49. The van der Waals surface area contributed by atoms with Crippen molar-refractivity contribution in [2.75, 3.05) is 13.1 Å². The van der Waals surface area contributed by atoms with Crippen LogP contribution in [0.2, 0.25) is 0 Å². The minimum atomic E-state index is -4.46. The molecule has 5 nitrogen and oxygen atoms in total. The van der Waals surface area contributed by atoms with Gasteiger partial charge in [-0.25, -0.2) is 4.79 Å². The molecule has 1 fully saturated rings. The highest BCUT2D eigenvalue weighted by molar-refractivity contribution is 5.92. The van der Waals surface area contributed by atoms with Crippen LogP contribution in [-0.4, -0.2) is 45.7 Å². The summed E-state index contributed by atoms with van der Waals surface area (Å²) < 4.78 is 38.6. The average molecular weight is 355 g/mol. The zero-order chi connectivity index (χ0) is 18.4. The van der Waals surface area contributed by atoms with Crippen LogP contribution in [0.5, 0.6) is 0 Å². The summed E-state index contributed by atoms with van der Waals surface area (Å²) in [4.78, 5) is 31.8. The van der Waals surface area contributed by atoms with Crippen LogP contribution in [0.4, 0.5) is 18.0 Å². The lowest BCUT2D eigenvalue weighted by molar-refractivity contribution is -0.138. The molecule has 1 aromatic rings. The van der Waals surface area contributed by atoms with Crippen LogP contribution in [0.15, 0.2) is 12.3 Å². The number of carbonyl (C=O) groups is 2. The number of hydrogen-bond donors (Lipinski definition) is 0. The summed E-state index contributed by atoms with van der Waals surface area (Å²) in [6.07, 6.45) is -2.88. The fraction of sp³-hybridized carbons (Fsp3) is 0.588. The smallest absolute Gasteiger partial charge is 0.320 e. The quantitative estimate of drug-likeness (QED) is 0.778. The Labute approximate surface area is 143 Å². The Bertz CT molecular complexity index is 703. The molecule has 8 heteroatoms. The van der Waals surface area contributed by atoms with E-state index in [0.717, 1.165) is 12.3 Å². The number of nitrogens with zero attached hydrogens (tertiary/aromatic N) is 3. The van der Waals surface area contributed by atoms with E-state index in [1.807, 2.05) is 13.8 Å². The number of pyridine rings is 1. The lowest BCUT2D eigenvalue weighted by atomic mass is 10.0. The maximum absolute atomic E-state index is 12.9. The summed E-state index contributed by atoms with van der Waals surface area (Å²) in [5.74, 6) is 0.0521. The van der Waals surface area contributed by atoms with Crippen molar-refractivity contribution < 1.29 is 22.8 Å². The number of urea groups is 1. The standard InChI is InChI=1S/C17H20F3N3O2/c1-10(2)15-14(24)4-6-23(15)16(25)22-5-3-13-11(9-22)7-12(8-21-13)17(18,19)20/h7-8,10,15H,3-6,9H2,1-2H3. The highest BCUT2D eigenvalue weighted by Gasteiger charge is 2.40. The maximum Gasteiger partial charge on any atom is 0.417 e. The zero-order valence-electron chi connectivity index (χ0n) is 14.1. The van der Waals surface area contributed by atoms with Gasteiger partial charge in [-0.2, -0.15) is 13.2 Å². The molecule has 0 saturated carbocycles. The topological polar surface area (TPSA) is 53.5 Å². The van der Waals surface area contributed by atoms with E-state index in [-0.39, 0.29) is 24.3 Å². The molecule has 2 aliphatic rings. The Kier molecular flexibility index (Phi) is 4.47. The van der Waals surface area contributed by atoms with Crippen LogP contribution in [0.25, 0.3) is 0 Å². The van der Waals surface area contributed by atoms with Crippen molar-refractivity contribution in [2.45, 2.75) is 45.5 Å². The summed E-state index contributed by atoms with van der Waals surface area (Å²) in [7, 11) is 0. The summed E-state index contributed by atoms with van der Waals surface area (Å²) in [5, 5.41) is 0. The molecule has 1 unspecified atom stereocenters. The number of amides is 2. The van der Waals surface area contributed by atoms with Gasteiger partial charge >= 0.3 is 12.2 Å². The van der Waals surface area contributed by atoms with Crippen LogP contribution >= 0.6 is 0 Å². The minimum Gasteiger partial charge on any atom is -0.320 e. The lowest BCUT2D eigenvalue weighted by Gasteiger charge is -2.35. The molecule has 1 saturated heterocycles. The van der Waals surface area contributed by atoms with Gasteiger partial charge in [0.05, 0.1) is 11.6 Å². The van der Waals surface area contributed by atoms with Crippen molar-refractivity contribution in [3.63, 3.8) is 0 Å². The number of halogens is 3. The summed E-state index contributed by atoms with van der Waals surface area (Å²) >= 11 is 0. The molecule has 1 atom stereocenters. The largest absolute Gasteiger partial charge is 0.417 e.